The van der Waals surface area contributed by atoms with Crippen LogP contribution in [0.5, 0.6) is 0 Å². The molecule has 132 valence electrons. The van der Waals surface area contributed by atoms with Gasteiger partial charge in [0.05, 0.1) is 11.3 Å². The second-order valence-electron chi connectivity index (χ2n) is 6.51. The van der Waals surface area contributed by atoms with Crippen LogP contribution >= 0.6 is 15.9 Å². The van der Waals surface area contributed by atoms with Crippen molar-refractivity contribution < 1.29 is 14.4 Å². The molecular weight excluding hydrogens is 396 g/mol. The number of rotatable bonds is 1. The number of hydrogen-bond donors (Lipinski definition) is 0. The molecule has 2 aliphatic rings. The lowest BCUT2D eigenvalue weighted by Gasteiger charge is -2.34. The summed E-state index contributed by atoms with van der Waals surface area (Å²) in [4.78, 5) is 42.3. The van der Waals surface area contributed by atoms with Gasteiger partial charge in [0, 0.05) is 16.6 Å². The molecule has 26 heavy (non-hydrogen) atoms. The molecule has 0 unspecified atom stereocenters. The average molecular weight is 413 g/mol. The predicted molar refractivity (Wildman–Crippen MR) is 101 cm³/mol. The molecule has 0 bridgehead atoms. The first-order valence-electron chi connectivity index (χ1n) is 8.62. The Morgan fingerprint density at radius 2 is 1.73 bits per heavy atom. The number of hydrogen-bond acceptors (Lipinski definition) is 3. The van der Waals surface area contributed by atoms with Crippen LogP contribution in [-0.4, -0.2) is 35.2 Å². The summed E-state index contributed by atoms with van der Waals surface area (Å²) in [6.07, 6.45) is 2.33. The lowest BCUT2D eigenvalue weighted by molar-refractivity contribution is -0.123. The quantitative estimate of drug-likeness (QED) is 0.671. The number of carbonyl (C=O) groups excluding carboxylic acids is 3. The molecule has 1 saturated heterocycles. The topological polar surface area (TPSA) is 57.7 Å². The Balaban J connectivity index is 1.85. The highest BCUT2D eigenvalue weighted by atomic mass is 79.9. The van der Waals surface area contributed by atoms with Crippen molar-refractivity contribution in [3.63, 3.8) is 0 Å². The maximum absolute atomic E-state index is 13.3. The maximum Gasteiger partial charge on any atom is 0.265 e. The van der Waals surface area contributed by atoms with Gasteiger partial charge in [-0.05, 0) is 55.7 Å². The predicted octanol–water partition coefficient (Wildman–Crippen LogP) is 3.63. The summed E-state index contributed by atoms with van der Waals surface area (Å²) >= 11 is 3.35. The van der Waals surface area contributed by atoms with E-state index < -0.39 is 11.9 Å². The van der Waals surface area contributed by atoms with Gasteiger partial charge in [-0.25, -0.2) is 4.90 Å². The first-order valence-corrected chi connectivity index (χ1v) is 9.41. The van der Waals surface area contributed by atoms with E-state index in [1.165, 1.54) is 4.90 Å². The smallest absolute Gasteiger partial charge is 0.265 e. The zero-order valence-corrected chi connectivity index (χ0v) is 15.6. The number of anilines is 1. The fraction of sp³-hybridized carbons (Fsp3) is 0.250. The van der Waals surface area contributed by atoms with Gasteiger partial charge in [-0.15, -0.1) is 0 Å². The lowest BCUT2D eigenvalue weighted by atomic mass is 10.0. The van der Waals surface area contributed by atoms with E-state index in [0.717, 1.165) is 17.3 Å². The normalized spacial score (nSPS) is 19.7. The van der Waals surface area contributed by atoms with Crippen molar-refractivity contribution in [1.82, 2.24) is 4.90 Å². The molecule has 2 aromatic rings. The molecular formula is C20H17BrN2O3. The van der Waals surface area contributed by atoms with Crippen LogP contribution in [0.15, 0.2) is 53.0 Å². The van der Waals surface area contributed by atoms with Gasteiger partial charge in [-0.3, -0.25) is 14.4 Å². The molecule has 0 N–H and O–H groups in total. The number of imide groups is 1. The number of piperidine rings is 1. The van der Waals surface area contributed by atoms with E-state index in [1.54, 1.807) is 53.4 Å². The highest BCUT2D eigenvalue weighted by Crippen LogP contribution is 2.32. The summed E-state index contributed by atoms with van der Waals surface area (Å²) in [5, 5.41) is 0. The summed E-state index contributed by atoms with van der Waals surface area (Å²) < 4.78 is 0.852. The molecule has 0 aromatic heterocycles. The summed E-state index contributed by atoms with van der Waals surface area (Å²) in [5.74, 6) is -0.907. The van der Waals surface area contributed by atoms with Crippen molar-refractivity contribution in [2.75, 3.05) is 11.4 Å². The molecule has 0 spiro atoms. The van der Waals surface area contributed by atoms with E-state index in [2.05, 4.69) is 15.9 Å². The van der Waals surface area contributed by atoms with Gasteiger partial charge < -0.3 is 4.90 Å². The second kappa shape index (κ2) is 6.68. The molecule has 0 saturated carbocycles. The van der Waals surface area contributed by atoms with Crippen molar-refractivity contribution in [2.45, 2.75) is 25.3 Å². The summed E-state index contributed by atoms with van der Waals surface area (Å²) in [6.45, 7) is 0.546. The van der Waals surface area contributed by atoms with Crippen molar-refractivity contribution >= 4 is 39.3 Å². The average Bonchev–Trinajstić information content (AvgIpc) is 2.76. The molecule has 1 fully saturated rings. The lowest BCUT2D eigenvalue weighted by Crippen LogP contribution is -2.52. The van der Waals surface area contributed by atoms with E-state index in [0.29, 0.717) is 29.8 Å². The van der Waals surface area contributed by atoms with Crippen LogP contribution in [-0.2, 0) is 4.79 Å². The van der Waals surface area contributed by atoms with Crippen LogP contribution in [0, 0.1) is 0 Å². The van der Waals surface area contributed by atoms with E-state index >= 15 is 0 Å². The monoisotopic (exact) mass is 412 g/mol. The van der Waals surface area contributed by atoms with E-state index in [9.17, 15) is 14.4 Å². The van der Waals surface area contributed by atoms with Gasteiger partial charge in [0.25, 0.3) is 17.7 Å². The molecule has 4 rings (SSSR count). The minimum absolute atomic E-state index is 0.176. The Morgan fingerprint density at radius 3 is 2.50 bits per heavy atom. The Labute approximate surface area is 159 Å². The minimum atomic E-state index is -0.581. The summed E-state index contributed by atoms with van der Waals surface area (Å²) in [6, 6.07) is 13.1. The zero-order chi connectivity index (χ0) is 18.3. The Morgan fingerprint density at radius 1 is 1.00 bits per heavy atom. The fourth-order valence-electron chi connectivity index (χ4n) is 3.63. The molecule has 0 aliphatic carbocycles. The van der Waals surface area contributed by atoms with Gasteiger partial charge in [0.2, 0.25) is 0 Å². The van der Waals surface area contributed by atoms with Crippen molar-refractivity contribution in [3.8, 4) is 0 Å². The van der Waals surface area contributed by atoms with Gasteiger partial charge >= 0.3 is 0 Å². The second-order valence-corrected chi connectivity index (χ2v) is 7.43. The number of benzene rings is 2. The number of halogens is 1. The molecule has 1 atom stereocenters. The molecule has 0 radical (unpaired) electrons. The van der Waals surface area contributed by atoms with E-state index in [1.807, 2.05) is 0 Å². The van der Waals surface area contributed by atoms with Crippen LogP contribution in [0.4, 0.5) is 5.69 Å². The summed E-state index contributed by atoms with van der Waals surface area (Å²) in [5.41, 5.74) is 1.17. The first kappa shape index (κ1) is 17.0. The molecule has 2 heterocycles. The van der Waals surface area contributed by atoms with Gasteiger partial charge in [0.1, 0.15) is 6.04 Å². The van der Waals surface area contributed by atoms with Gasteiger partial charge in [-0.1, -0.05) is 28.1 Å². The van der Waals surface area contributed by atoms with E-state index in [-0.39, 0.29) is 11.8 Å². The van der Waals surface area contributed by atoms with Crippen LogP contribution in [0.2, 0.25) is 0 Å². The van der Waals surface area contributed by atoms with Crippen molar-refractivity contribution in [3.05, 3.63) is 64.1 Å². The Kier molecular flexibility index (Phi) is 4.36. The fourth-order valence-corrected chi connectivity index (χ4v) is 3.90. The minimum Gasteiger partial charge on any atom is -0.327 e. The van der Waals surface area contributed by atoms with Crippen LogP contribution < -0.4 is 4.90 Å². The van der Waals surface area contributed by atoms with Gasteiger partial charge in [-0.2, -0.15) is 0 Å². The third-order valence-corrected chi connectivity index (χ3v) is 5.47. The SMILES string of the molecule is O=C(c1ccc(Br)cc1)N1C(=O)[C@H]2CCCCN2C(=O)c2ccccc21. The molecule has 3 amide bonds. The number of carbonyl (C=O) groups is 3. The highest BCUT2D eigenvalue weighted by molar-refractivity contribution is 9.10. The summed E-state index contributed by atoms with van der Waals surface area (Å²) in [7, 11) is 0. The standard InChI is InChI=1S/C20H17BrN2O3/c21-14-10-8-13(9-11-14)18(24)23-16-6-2-1-5-15(16)19(25)22-12-4-3-7-17(22)20(23)26/h1-2,5-6,8-11,17H,3-4,7,12H2/t17-/m1/s1. The largest absolute Gasteiger partial charge is 0.327 e. The molecule has 5 nitrogen and oxygen atoms in total. The number of nitrogens with zero attached hydrogens (tertiary/aromatic N) is 2. The maximum atomic E-state index is 13.3. The third kappa shape index (κ3) is 2.74. The third-order valence-electron chi connectivity index (χ3n) is 4.94. The molecule has 6 heteroatoms. The zero-order valence-electron chi connectivity index (χ0n) is 14.0. The first-order chi connectivity index (χ1) is 12.6. The van der Waals surface area contributed by atoms with E-state index in [4.69, 9.17) is 0 Å². The molecule has 2 aliphatic heterocycles. The van der Waals surface area contributed by atoms with Crippen LogP contribution in [0.3, 0.4) is 0 Å². The number of fused-ring (bicyclic) bond motifs is 2. The van der Waals surface area contributed by atoms with Gasteiger partial charge in [0.15, 0.2) is 0 Å². The van der Waals surface area contributed by atoms with Crippen molar-refractivity contribution in [2.24, 2.45) is 0 Å². The Hall–Kier alpha value is -2.47. The van der Waals surface area contributed by atoms with Crippen molar-refractivity contribution in [1.29, 1.82) is 0 Å². The Bertz CT molecular complexity index is 894. The number of amides is 3. The molecule has 2 aromatic carbocycles. The van der Waals surface area contributed by atoms with Crippen LogP contribution in [0.25, 0.3) is 0 Å². The van der Waals surface area contributed by atoms with Crippen LogP contribution in [0.1, 0.15) is 40.0 Å². The highest BCUT2D eigenvalue weighted by Gasteiger charge is 2.42. The number of para-hydroxylation sites is 1.